The van der Waals surface area contributed by atoms with Gasteiger partial charge in [-0.2, -0.15) is 4.98 Å². The fourth-order valence-electron chi connectivity index (χ4n) is 1.75. The number of nitrogens with two attached hydrogens (primary N) is 1. The van der Waals surface area contributed by atoms with E-state index in [0.717, 1.165) is 22.9 Å². The number of aromatic nitrogens is 2. The Morgan fingerprint density at radius 1 is 1.44 bits per heavy atom. The quantitative estimate of drug-likeness (QED) is 0.921. The van der Waals surface area contributed by atoms with E-state index in [1.54, 1.807) is 0 Å². The van der Waals surface area contributed by atoms with Gasteiger partial charge in [-0.15, -0.1) is 0 Å². The highest BCUT2D eigenvalue weighted by Crippen LogP contribution is 2.16. The van der Waals surface area contributed by atoms with Gasteiger partial charge in [0.25, 0.3) is 0 Å². The molecule has 0 aliphatic carbocycles. The summed E-state index contributed by atoms with van der Waals surface area (Å²) in [5.41, 5.74) is 7.07. The first-order valence-electron chi connectivity index (χ1n) is 6.01. The molecule has 0 saturated carbocycles. The van der Waals surface area contributed by atoms with E-state index in [0.29, 0.717) is 18.1 Å². The van der Waals surface area contributed by atoms with E-state index in [-0.39, 0.29) is 6.04 Å². The third-order valence-corrected chi connectivity index (χ3v) is 3.15. The second-order valence-corrected chi connectivity index (χ2v) is 5.17. The Balaban J connectivity index is 2.06. The molecular weight excluding hydrogens is 294 g/mol. The van der Waals surface area contributed by atoms with Crippen LogP contribution in [0, 0.1) is 0 Å². The van der Waals surface area contributed by atoms with E-state index in [9.17, 15) is 0 Å². The lowest BCUT2D eigenvalue weighted by Gasteiger charge is -2.02. The van der Waals surface area contributed by atoms with Crippen LogP contribution in [-0.4, -0.2) is 10.1 Å². The number of hydrogen-bond acceptors (Lipinski definition) is 4. The number of hydrogen-bond donors (Lipinski definition) is 1. The van der Waals surface area contributed by atoms with Crippen molar-refractivity contribution in [1.82, 2.24) is 10.1 Å². The van der Waals surface area contributed by atoms with Crippen molar-refractivity contribution in [2.45, 2.75) is 32.2 Å². The van der Waals surface area contributed by atoms with Crippen LogP contribution in [0.25, 0.3) is 0 Å². The van der Waals surface area contributed by atoms with Crippen molar-refractivity contribution in [1.29, 1.82) is 0 Å². The molecule has 4 nitrogen and oxygen atoms in total. The number of halogens is 1. The molecule has 2 N–H and O–H groups in total. The van der Waals surface area contributed by atoms with Gasteiger partial charge in [0.05, 0.1) is 6.04 Å². The average Bonchev–Trinajstić information content (AvgIpc) is 2.78. The molecule has 5 heteroatoms. The topological polar surface area (TPSA) is 64.9 Å². The minimum absolute atomic E-state index is 0.154. The molecule has 0 spiro atoms. The monoisotopic (exact) mass is 309 g/mol. The van der Waals surface area contributed by atoms with Gasteiger partial charge in [-0.25, -0.2) is 0 Å². The molecule has 18 heavy (non-hydrogen) atoms. The number of benzene rings is 1. The zero-order valence-corrected chi connectivity index (χ0v) is 11.9. The molecule has 1 unspecified atom stereocenters. The molecule has 2 aromatic rings. The maximum absolute atomic E-state index is 5.93. The fourth-order valence-corrected chi connectivity index (χ4v) is 2.20. The Labute approximate surface area is 115 Å². The van der Waals surface area contributed by atoms with E-state index in [1.807, 2.05) is 24.3 Å². The van der Waals surface area contributed by atoms with Crippen molar-refractivity contribution in [3.8, 4) is 0 Å². The number of nitrogens with zero attached hydrogens (tertiary/aromatic N) is 2. The van der Waals surface area contributed by atoms with Gasteiger partial charge >= 0.3 is 0 Å². The Morgan fingerprint density at radius 3 is 3.00 bits per heavy atom. The average molecular weight is 310 g/mol. The lowest BCUT2D eigenvalue weighted by atomic mass is 10.1. The van der Waals surface area contributed by atoms with Crippen LogP contribution >= 0.6 is 15.9 Å². The minimum atomic E-state index is -0.154. The van der Waals surface area contributed by atoms with Crippen LogP contribution in [0.1, 0.15) is 43.1 Å². The normalized spacial score (nSPS) is 12.6. The second kappa shape index (κ2) is 6.11. The first-order chi connectivity index (χ1) is 8.69. The Bertz CT molecular complexity index is 512. The predicted octanol–water partition coefficient (Wildman–Crippen LogP) is 3.22. The molecule has 0 radical (unpaired) electrons. The molecule has 0 bridgehead atoms. The fraction of sp³-hybridized carbons (Fsp3) is 0.385. The standard InChI is InChI=1S/C13H16BrN3O/c1-2-4-11(15)13-16-12(17-18-13)8-9-5-3-6-10(14)7-9/h3,5-7,11H,2,4,8,15H2,1H3. The van der Waals surface area contributed by atoms with Crippen molar-refractivity contribution in [3.05, 3.63) is 46.0 Å². The summed E-state index contributed by atoms with van der Waals surface area (Å²) in [7, 11) is 0. The van der Waals surface area contributed by atoms with Crippen LogP contribution < -0.4 is 5.73 Å². The van der Waals surface area contributed by atoms with Crippen molar-refractivity contribution >= 4 is 15.9 Å². The third kappa shape index (κ3) is 3.40. The maximum Gasteiger partial charge on any atom is 0.243 e. The van der Waals surface area contributed by atoms with E-state index in [4.69, 9.17) is 10.3 Å². The molecule has 2 rings (SSSR count). The summed E-state index contributed by atoms with van der Waals surface area (Å²) in [6.07, 6.45) is 2.52. The molecule has 1 heterocycles. The molecule has 1 aromatic heterocycles. The summed E-state index contributed by atoms with van der Waals surface area (Å²) in [6, 6.07) is 7.90. The van der Waals surface area contributed by atoms with Gasteiger partial charge in [0.1, 0.15) is 0 Å². The SMILES string of the molecule is CCCC(N)c1nc(Cc2cccc(Br)c2)no1. The molecule has 96 valence electrons. The summed E-state index contributed by atoms with van der Waals surface area (Å²) < 4.78 is 6.23. The van der Waals surface area contributed by atoms with Gasteiger partial charge in [0.2, 0.25) is 5.89 Å². The highest BCUT2D eigenvalue weighted by molar-refractivity contribution is 9.10. The van der Waals surface area contributed by atoms with Gasteiger partial charge in [-0.1, -0.05) is 46.6 Å². The Hall–Kier alpha value is -1.20. The van der Waals surface area contributed by atoms with E-state index in [1.165, 1.54) is 0 Å². The Kier molecular flexibility index (Phi) is 4.49. The highest BCUT2D eigenvalue weighted by Gasteiger charge is 2.13. The minimum Gasteiger partial charge on any atom is -0.338 e. The zero-order chi connectivity index (χ0) is 13.0. The van der Waals surface area contributed by atoms with Crippen molar-refractivity contribution in [3.63, 3.8) is 0 Å². The summed E-state index contributed by atoms with van der Waals surface area (Å²) >= 11 is 3.44. The maximum atomic E-state index is 5.93. The third-order valence-electron chi connectivity index (χ3n) is 2.65. The molecule has 0 amide bonds. The molecule has 0 saturated heterocycles. The van der Waals surface area contributed by atoms with E-state index < -0.39 is 0 Å². The zero-order valence-electron chi connectivity index (χ0n) is 10.3. The van der Waals surface area contributed by atoms with Gasteiger partial charge in [0, 0.05) is 10.9 Å². The van der Waals surface area contributed by atoms with Crippen LogP contribution in [0.15, 0.2) is 33.3 Å². The van der Waals surface area contributed by atoms with Crippen LogP contribution in [0.5, 0.6) is 0 Å². The highest BCUT2D eigenvalue weighted by atomic mass is 79.9. The van der Waals surface area contributed by atoms with Crippen LogP contribution in [0.2, 0.25) is 0 Å². The molecule has 0 fully saturated rings. The van der Waals surface area contributed by atoms with Crippen LogP contribution in [0.3, 0.4) is 0 Å². The van der Waals surface area contributed by atoms with Crippen molar-refractivity contribution in [2.75, 3.05) is 0 Å². The second-order valence-electron chi connectivity index (χ2n) is 4.25. The summed E-state index contributed by atoms with van der Waals surface area (Å²) in [4.78, 5) is 4.34. The summed E-state index contributed by atoms with van der Waals surface area (Å²) in [6.45, 7) is 2.08. The van der Waals surface area contributed by atoms with E-state index >= 15 is 0 Å². The van der Waals surface area contributed by atoms with Gasteiger partial charge < -0.3 is 10.3 Å². The molecular formula is C13H16BrN3O. The van der Waals surface area contributed by atoms with Gasteiger partial charge in [-0.3, -0.25) is 0 Å². The first-order valence-corrected chi connectivity index (χ1v) is 6.81. The molecule has 1 aromatic carbocycles. The van der Waals surface area contributed by atoms with Gasteiger partial charge in [-0.05, 0) is 24.1 Å². The van der Waals surface area contributed by atoms with E-state index in [2.05, 4.69) is 33.0 Å². The molecule has 0 aliphatic rings. The first kappa shape index (κ1) is 13.2. The summed E-state index contributed by atoms with van der Waals surface area (Å²) in [5, 5.41) is 3.96. The van der Waals surface area contributed by atoms with Crippen LogP contribution in [-0.2, 0) is 6.42 Å². The summed E-state index contributed by atoms with van der Waals surface area (Å²) in [5.74, 6) is 1.21. The van der Waals surface area contributed by atoms with Crippen molar-refractivity contribution in [2.24, 2.45) is 5.73 Å². The predicted molar refractivity (Wildman–Crippen MR) is 73.1 cm³/mol. The van der Waals surface area contributed by atoms with Crippen molar-refractivity contribution < 1.29 is 4.52 Å². The van der Waals surface area contributed by atoms with Crippen LogP contribution in [0.4, 0.5) is 0 Å². The lowest BCUT2D eigenvalue weighted by molar-refractivity contribution is 0.345. The number of rotatable bonds is 5. The molecule has 0 aliphatic heterocycles. The Morgan fingerprint density at radius 2 is 2.28 bits per heavy atom. The molecule has 1 atom stereocenters. The largest absolute Gasteiger partial charge is 0.338 e. The van der Waals surface area contributed by atoms with Gasteiger partial charge in [0.15, 0.2) is 5.82 Å². The smallest absolute Gasteiger partial charge is 0.243 e. The lowest BCUT2D eigenvalue weighted by Crippen LogP contribution is -2.10.